The molecule has 0 heterocycles. The molecule has 0 amide bonds. The molecule has 0 aliphatic carbocycles. The van der Waals surface area contributed by atoms with E-state index in [2.05, 4.69) is 18.4 Å². The van der Waals surface area contributed by atoms with E-state index >= 15 is 0 Å². The molecule has 54 valence electrons. The topological polar surface area (TPSA) is 0 Å². The molecule has 0 aromatic heterocycles. The Bertz CT molecular complexity index is 69.3. The van der Waals surface area contributed by atoms with E-state index in [0.717, 1.165) is 0 Å². The van der Waals surface area contributed by atoms with Crippen LogP contribution in [0.5, 0.6) is 0 Å². The zero-order valence-electron chi connectivity index (χ0n) is 6.09. The van der Waals surface area contributed by atoms with Crippen LogP contribution >= 0.6 is 21.6 Å². The van der Waals surface area contributed by atoms with Gasteiger partial charge in [0.1, 0.15) is 0 Å². The zero-order valence-corrected chi connectivity index (χ0v) is 7.73. The summed E-state index contributed by atoms with van der Waals surface area (Å²) in [5.74, 6) is 1.28. The first-order chi connectivity index (χ1) is 4.41. The minimum atomic E-state index is 1.28. The fourth-order valence-corrected chi connectivity index (χ4v) is 2.25. The van der Waals surface area contributed by atoms with E-state index in [4.69, 9.17) is 0 Å². The van der Waals surface area contributed by atoms with E-state index in [0.29, 0.717) is 0 Å². The zero-order chi connectivity index (χ0) is 6.95. The van der Waals surface area contributed by atoms with Crippen LogP contribution in [0, 0.1) is 0 Å². The lowest BCUT2D eigenvalue weighted by atomic mass is 10.4. The first-order valence-corrected chi connectivity index (χ1v) is 5.69. The Morgan fingerprint density at radius 3 is 2.78 bits per heavy atom. The van der Waals surface area contributed by atoms with Gasteiger partial charge in [-0.05, 0) is 18.8 Å². The average Bonchev–Trinajstić information content (AvgIpc) is 1.89. The fraction of sp³-hybridized carbons (Fsp3) is 0.714. The van der Waals surface area contributed by atoms with Crippen molar-refractivity contribution in [1.82, 2.24) is 0 Å². The standard InChI is InChI=1S/C7H14S2/c1-3-5-7-9-8-6-4-2/h4,6H,3,5,7H2,1-2H3. The average molecular weight is 162 g/mol. The highest BCUT2D eigenvalue weighted by atomic mass is 33.1. The van der Waals surface area contributed by atoms with E-state index < -0.39 is 0 Å². The van der Waals surface area contributed by atoms with E-state index in [1.165, 1.54) is 18.6 Å². The predicted octanol–water partition coefficient (Wildman–Crippen LogP) is 3.70. The molecular formula is C7H14S2. The molecule has 0 rings (SSSR count). The molecular weight excluding hydrogens is 148 g/mol. The number of hydrogen-bond acceptors (Lipinski definition) is 2. The third-order valence-electron chi connectivity index (χ3n) is 0.841. The van der Waals surface area contributed by atoms with Crippen LogP contribution < -0.4 is 0 Å². The molecule has 0 unspecified atom stereocenters. The summed E-state index contributed by atoms with van der Waals surface area (Å²) in [6.45, 7) is 4.27. The van der Waals surface area contributed by atoms with Crippen molar-refractivity contribution in [2.24, 2.45) is 0 Å². The Hall–Kier alpha value is 0.440. The van der Waals surface area contributed by atoms with Crippen molar-refractivity contribution in [2.45, 2.75) is 26.7 Å². The molecule has 0 atom stereocenters. The smallest absolute Gasteiger partial charge is 0.00400 e. The van der Waals surface area contributed by atoms with Crippen LogP contribution in [0.4, 0.5) is 0 Å². The van der Waals surface area contributed by atoms with Gasteiger partial charge in [-0.1, -0.05) is 41.0 Å². The lowest BCUT2D eigenvalue weighted by Gasteiger charge is -1.91. The Kier molecular flexibility index (Phi) is 8.85. The first-order valence-electron chi connectivity index (χ1n) is 3.31. The van der Waals surface area contributed by atoms with Crippen LogP contribution in [0.3, 0.4) is 0 Å². The Labute approximate surface area is 65.9 Å². The van der Waals surface area contributed by atoms with Crippen molar-refractivity contribution in [1.29, 1.82) is 0 Å². The molecule has 0 saturated carbocycles. The summed E-state index contributed by atoms with van der Waals surface area (Å²) in [5.41, 5.74) is 0. The second-order valence-electron chi connectivity index (χ2n) is 1.74. The van der Waals surface area contributed by atoms with Gasteiger partial charge in [-0.15, -0.1) is 0 Å². The van der Waals surface area contributed by atoms with Crippen molar-refractivity contribution in [2.75, 3.05) is 5.75 Å². The second kappa shape index (κ2) is 8.44. The number of hydrogen-bond donors (Lipinski definition) is 0. The van der Waals surface area contributed by atoms with Crippen LogP contribution in [0.1, 0.15) is 26.7 Å². The minimum absolute atomic E-state index is 1.28. The van der Waals surface area contributed by atoms with Gasteiger partial charge in [0.15, 0.2) is 0 Å². The maximum atomic E-state index is 2.22. The lowest BCUT2D eigenvalue weighted by Crippen LogP contribution is -1.70. The maximum absolute atomic E-state index is 2.22. The third kappa shape index (κ3) is 8.44. The minimum Gasteiger partial charge on any atom is -0.0896 e. The largest absolute Gasteiger partial charge is 0.0896 e. The van der Waals surface area contributed by atoms with Crippen molar-refractivity contribution in [3.63, 3.8) is 0 Å². The van der Waals surface area contributed by atoms with Crippen molar-refractivity contribution >= 4 is 21.6 Å². The van der Waals surface area contributed by atoms with Crippen molar-refractivity contribution < 1.29 is 0 Å². The molecule has 0 N–H and O–H groups in total. The molecule has 2 heteroatoms. The van der Waals surface area contributed by atoms with Gasteiger partial charge in [-0.2, -0.15) is 0 Å². The molecule has 0 bridgehead atoms. The molecule has 0 radical (unpaired) electrons. The molecule has 0 saturated heterocycles. The quantitative estimate of drug-likeness (QED) is 0.446. The number of rotatable bonds is 5. The highest BCUT2D eigenvalue weighted by Gasteiger charge is 1.82. The van der Waals surface area contributed by atoms with Gasteiger partial charge < -0.3 is 0 Å². The summed E-state index contributed by atoms with van der Waals surface area (Å²) < 4.78 is 0. The van der Waals surface area contributed by atoms with Crippen LogP contribution in [0.2, 0.25) is 0 Å². The molecule has 0 fully saturated rings. The Morgan fingerprint density at radius 2 is 2.22 bits per heavy atom. The van der Waals surface area contributed by atoms with E-state index in [-0.39, 0.29) is 0 Å². The number of allylic oxidation sites excluding steroid dienone is 1. The van der Waals surface area contributed by atoms with Crippen LogP contribution in [0.15, 0.2) is 11.5 Å². The first kappa shape index (κ1) is 9.44. The number of unbranched alkanes of at least 4 members (excludes halogenated alkanes) is 1. The summed E-state index contributed by atoms with van der Waals surface area (Å²) in [6, 6.07) is 0. The highest BCUT2D eigenvalue weighted by molar-refractivity contribution is 8.77. The highest BCUT2D eigenvalue weighted by Crippen LogP contribution is 2.23. The van der Waals surface area contributed by atoms with Gasteiger partial charge in [0.2, 0.25) is 0 Å². The van der Waals surface area contributed by atoms with Crippen LogP contribution in [-0.4, -0.2) is 5.75 Å². The predicted molar refractivity (Wildman–Crippen MR) is 49.8 cm³/mol. The summed E-state index contributed by atoms with van der Waals surface area (Å²) >= 11 is 0. The Balaban J connectivity index is 2.75. The normalized spacial score (nSPS) is 10.9. The second-order valence-corrected chi connectivity index (χ2v) is 4.13. The van der Waals surface area contributed by atoms with Gasteiger partial charge in [0.25, 0.3) is 0 Å². The summed E-state index contributed by atoms with van der Waals surface area (Å²) in [5, 5.41) is 2.13. The lowest BCUT2D eigenvalue weighted by molar-refractivity contribution is 0.898. The fourth-order valence-electron chi connectivity index (χ4n) is 0.346. The summed E-state index contributed by atoms with van der Waals surface area (Å²) in [6.07, 6.45) is 4.72. The Morgan fingerprint density at radius 1 is 1.44 bits per heavy atom. The van der Waals surface area contributed by atoms with Crippen LogP contribution in [-0.2, 0) is 0 Å². The van der Waals surface area contributed by atoms with E-state index in [1.54, 1.807) is 0 Å². The molecule has 0 spiro atoms. The summed E-state index contributed by atoms with van der Waals surface area (Å²) in [7, 11) is 3.76. The van der Waals surface area contributed by atoms with Gasteiger partial charge in [0.05, 0.1) is 0 Å². The molecule has 9 heavy (non-hydrogen) atoms. The van der Waals surface area contributed by atoms with E-state index in [1.807, 2.05) is 28.5 Å². The molecule has 0 aliphatic rings. The van der Waals surface area contributed by atoms with Crippen molar-refractivity contribution in [3.8, 4) is 0 Å². The SMILES string of the molecule is CC=CSSCCCC. The van der Waals surface area contributed by atoms with Gasteiger partial charge in [0, 0.05) is 5.75 Å². The molecule has 0 aliphatic heterocycles. The molecule has 0 aromatic carbocycles. The third-order valence-corrected chi connectivity index (χ3v) is 3.06. The molecule has 0 aromatic rings. The van der Waals surface area contributed by atoms with Crippen LogP contribution in [0.25, 0.3) is 0 Å². The van der Waals surface area contributed by atoms with E-state index in [9.17, 15) is 0 Å². The van der Waals surface area contributed by atoms with Gasteiger partial charge in [-0.3, -0.25) is 0 Å². The van der Waals surface area contributed by atoms with Gasteiger partial charge >= 0.3 is 0 Å². The maximum Gasteiger partial charge on any atom is 0.00400 e. The monoisotopic (exact) mass is 162 g/mol. The van der Waals surface area contributed by atoms with Crippen molar-refractivity contribution in [3.05, 3.63) is 11.5 Å². The summed E-state index contributed by atoms with van der Waals surface area (Å²) in [4.78, 5) is 0. The van der Waals surface area contributed by atoms with Gasteiger partial charge in [-0.25, -0.2) is 0 Å². The molecule has 0 nitrogen and oxygen atoms in total.